The Balaban J connectivity index is 1.77. The van der Waals surface area contributed by atoms with Crippen LogP contribution in [0.1, 0.15) is 66.7 Å². The summed E-state index contributed by atoms with van der Waals surface area (Å²) in [4.78, 5) is 27.0. The highest BCUT2D eigenvalue weighted by molar-refractivity contribution is 5.95. The molecule has 0 aliphatic carbocycles. The van der Waals surface area contributed by atoms with Gasteiger partial charge in [-0.05, 0) is 62.3 Å². The number of carbonyl (C=O) groups is 1. The lowest BCUT2D eigenvalue weighted by Gasteiger charge is -2.37. The van der Waals surface area contributed by atoms with Gasteiger partial charge in [-0.1, -0.05) is 32.0 Å². The van der Waals surface area contributed by atoms with Crippen LogP contribution in [0.25, 0.3) is 11.0 Å². The number of fused-ring (bicyclic) bond motifs is 1. The SMILES string of the molecule is Cc1cc(C(C)Nc2c(C)cccc2C(=O)O)c2oc(N3CCC(C)(C)CC3)cc(=O)c2c1. The molecule has 0 spiro atoms. The van der Waals surface area contributed by atoms with Crippen molar-refractivity contribution in [2.24, 2.45) is 5.41 Å². The first-order valence-electron chi connectivity index (χ1n) is 11.5. The summed E-state index contributed by atoms with van der Waals surface area (Å²) in [7, 11) is 0. The zero-order valence-corrected chi connectivity index (χ0v) is 20.0. The predicted molar refractivity (Wildman–Crippen MR) is 133 cm³/mol. The number of para-hydroxylation sites is 1. The molecule has 6 nitrogen and oxygen atoms in total. The molecule has 1 saturated heterocycles. The predicted octanol–water partition coefficient (Wildman–Crippen LogP) is 5.91. The highest BCUT2D eigenvalue weighted by Gasteiger charge is 2.27. The van der Waals surface area contributed by atoms with E-state index in [1.807, 2.05) is 39.0 Å². The van der Waals surface area contributed by atoms with Crippen LogP contribution in [0.15, 0.2) is 45.6 Å². The van der Waals surface area contributed by atoms with E-state index in [4.69, 9.17) is 4.42 Å². The van der Waals surface area contributed by atoms with E-state index < -0.39 is 5.97 Å². The fourth-order valence-corrected chi connectivity index (χ4v) is 4.56. The molecule has 2 heterocycles. The molecule has 1 fully saturated rings. The number of carboxylic acids is 1. The van der Waals surface area contributed by atoms with E-state index in [-0.39, 0.29) is 17.0 Å². The summed E-state index contributed by atoms with van der Waals surface area (Å²) < 4.78 is 6.37. The topological polar surface area (TPSA) is 82.8 Å². The van der Waals surface area contributed by atoms with Crippen LogP contribution in [0.4, 0.5) is 11.6 Å². The Bertz CT molecular complexity index is 1270. The van der Waals surface area contributed by atoms with Gasteiger partial charge in [0.2, 0.25) is 0 Å². The van der Waals surface area contributed by atoms with Gasteiger partial charge in [-0.25, -0.2) is 4.79 Å². The van der Waals surface area contributed by atoms with Crippen LogP contribution in [0.2, 0.25) is 0 Å². The fourth-order valence-electron chi connectivity index (χ4n) is 4.56. The second-order valence-electron chi connectivity index (χ2n) is 10.00. The number of hydrogen-bond acceptors (Lipinski definition) is 5. The molecular formula is C27H32N2O4. The minimum atomic E-state index is -0.982. The normalized spacial score (nSPS) is 16.6. The first-order valence-corrected chi connectivity index (χ1v) is 11.5. The van der Waals surface area contributed by atoms with Crippen molar-refractivity contribution in [1.82, 2.24) is 0 Å². The first kappa shape index (κ1) is 22.9. The Hall–Kier alpha value is -3.28. The Morgan fingerprint density at radius 2 is 1.85 bits per heavy atom. The number of anilines is 2. The zero-order chi connectivity index (χ0) is 23.9. The summed E-state index contributed by atoms with van der Waals surface area (Å²) in [5.41, 5.74) is 4.21. The van der Waals surface area contributed by atoms with Crippen molar-refractivity contribution in [1.29, 1.82) is 0 Å². The summed E-state index contributed by atoms with van der Waals surface area (Å²) in [6, 6.07) is 10.4. The lowest BCUT2D eigenvalue weighted by molar-refractivity contribution is 0.0697. The van der Waals surface area contributed by atoms with Gasteiger partial charge in [-0.3, -0.25) is 4.79 Å². The largest absolute Gasteiger partial charge is 0.478 e. The molecule has 1 aliphatic heterocycles. The molecule has 174 valence electrons. The van der Waals surface area contributed by atoms with Gasteiger partial charge in [0.1, 0.15) is 5.58 Å². The molecule has 0 amide bonds. The summed E-state index contributed by atoms with van der Waals surface area (Å²) in [6.07, 6.45) is 2.08. The minimum absolute atomic E-state index is 0.0599. The molecule has 1 unspecified atom stereocenters. The quantitative estimate of drug-likeness (QED) is 0.505. The van der Waals surface area contributed by atoms with Gasteiger partial charge in [-0.15, -0.1) is 0 Å². The van der Waals surface area contributed by atoms with Crippen LogP contribution >= 0.6 is 0 Å². The van der Waals surface area contributed by atoms with Crippen molar-refractivity contribution in [2.75, 3.05) is 23.3 Å². The molecule has 33 heavy (non-hydrogen) atoms. The Morgan fingerprint density at radius 3 is 2.52 bits per heavy atom. The van der Waals surface area contributed by atoms with Crippen molar-refractivity contribution in [2.45, 2.75) is 53.5 Å². The third kappa shape index (κ3) is 4.61. The number of benzene rings is 2. The lowest BCUT2D eigenvalue weighted by Crippen LogP contribution is -2.37. The molecule has 2 aromatic carbocycles. The molecule has 1 aromatic heterocycles. The summed E-state index contributed by atoms with van der Waals surface area (Å²) in [5, 5.41) is 13.6. The van der Waals surface area contributed by atoms with Crippen LogP contribution in [0.5, 0.6) is 0 Å². The number of nitrogens with one attached hydrogen (secondary N) is 1. The molecular weight excluding hydrogens is 416 g/mol. The first-order chi connectivity index (χ1) is 15.6. The number of aromatic carboxylic acids is 1. The van der Waals surface area contributed by atoms with E-state index in [1.54, 1.807) is 18.2 Å². The number of aryl methyl sites for hydroxylation is 2. The van der Waals surface area contributed by atoms with Crippen LogP contribution in [-0.2, 0) is 0 Å². The van der Waals surface area contributed by atoms with Gasteiger partial charge in [0.15, 0.2) is 11.3 Å². The maximum absolute atomic E-state index is 13.1. The van der Waals surface area contributed by atoms with E-state index in [1.165, 1.54) is 0 Å². The van der Waals surface area contributed by atoms with Crippen LogP contribution < -0.4 is 15.6 Å². The third-order valence-electron chi connectivity index (χ3n) is 6.75. The third-order valence-corrected chi connectivity index (χ3v) is 6.75. The monoisotopic (exact) mass is 448 g/mol. The number of rotatable bonds is 5. The van der Waals surface area contributed by atoms with Crippen molar-refractivity contribution in [3.8, 4) is 0 Å². The molecule has 0 bridgehead atoms. The van der Waals surface area contributed by atoms with E-state index in [0.29, 0.717) is 28.0 Å². The summed E-state index contributed by atoms with van der Waals surface area (Å²) >= 11 is 0. The second-order valence-corrected chi connectivity index (χ2v) is 10.00. The lowest BCUT2D eigenvalue weighted by atomic mass is 9.83. The Morgan fingerprint density at radius 1 is 1.15 bits per heavy atom. The minimum Gasteiger partial charge on any atom is -0.478 e. The van der Waals surface area contributed by atoms with E-state index in [9.17, 15) is 14.7 Å². The molecule has 3 aromatic rings. The molecule has 4 rings (SSSR count). The van der Waals surface area contributed by atoms with Gasteiger partial charge in [0, 0.05) is 24.7 Å². The highest BCUT2D eigenvalue weighted by Crippen LogP contribution is 2.35. The number of carboxylic acid groups (broad SMARTS) is 1. The Labute approximate surface area is 194 Å². The molecule has 0 radical (unpaired) electrons. The van der Waals surface area contributed by atoms with E-state index >= 15 is 0 Å². The summed E-state index contributed by atoms with van der Waals surface area (Å²) in [5.74, 6) is -0.383. The van der Waals surface area contributed by atoms with Gasteiger partial charge in [-0.2, -0.15) is 0 Å². The zero-order valence-electron chi connectivity index (χ0n) is 20.0. The average Bonchev–Trinajstić information content (AvgIpc) is 2.74. The molecule has 2 N–H and O–H groups in total. The maximum atomic E-state index is 13.1. The van der Waals surface area contributed by atoms with Crippen molar-refractivity contribution >= 4 is 28.5 Å². The van der Waals surface area contributed by atoms with Gasteiger partial charge >= 0.3 is 5.97 Å². The summed E-state index contributed by atoms with van der Waals surface area (Å²) in [6.45, 7) is 12.0. The van der Waals surface area contributed by atoms with Crippen LogP contribution in [0, 0.1) is 19.3 Å². The van der Waals surface area contributed by atoms with Gasteiger partial charge < -0.3 is 19.7 Å². The Kier molecular flexibility index (Phi) is 5.95. The molecule has 1 aliphatic rings. The van der Waals surface area contributed by atoms with Crippen LogP contribution in [-0.4, -0.2) is 24.2 Å². The average molecular weight is 449 g/mol. The number of nitrogens with zero attached hydrogens (tertiary/aromatic N) is 1. The second kappa shape index (κ2) is 8.58. The van der Waals surface area contributed by atoms with Gasteiger partial charge in [0.05, 0.1) is 22.7 Å². The standard InChI is InChI=1S/C27H32N2O4/c1-16-13-20(18(3)28-24-17(2)7-6-8-19(24)26(31)32)25-21(14-16)22(30)15-23(33-25)29-11-9-27(4,5)10-12-29/h6-8,13-15,18,28H,9-12H2,1-5H3,(H,31,32). The van der Waals surface area contributed by atoms with Gasteiger partial charge in [0.25, 0.3) is 0 Å². The molecule has 1 atom stereocenters. The van der Waals surface area contributed by atoms with Crippen molar-refractivity contribution in [3.63, 3.8) is 0 Å². The van der Waals surface area contributed by atoms with Crippen molar-refractivity contribution in [3.05, 3.63) is 68.9 Å². The molecule has 0 saturated carbocycles. The molecule has 6 heteroatoms. The van der Waals surface area contributed by atoms with Crippen molar-refractivity contribution < 1.29 is 14.3 Å². The highest BCUT2D eigenvalue weighted by atomic mass is 16.4. The fraction of sp³-hybridized carbons (Fsp3) is 0.407. The van der Waals surface area contributed by atoms with E-state index in [0.717, 1.165) is 42.6 Å². The number of hydrogen-bond donors (Lipinski definition) is 2. The number of piperidine rings is 1. The van der Waals surface area contributed by atoms with Crippen LogP contribution in [0.3, 0.4) is 0 Å². The van der Waals surface area contributed by atoms with E-state index in [2.05, 4.69) is 24.1 Å². The smallest absolute Gasteiger partial charge is 0.337 e. The maximum Gasteiger partial charge on any atom is 0.337 e.